The van der Waals surface area contributed by atoms with Gasteiger partial charge in [-0.15, -0.1) is 0 Å². The zero-order chi connectivity index (χ0) is 9.23. The average Bonchev–Trinajstić information content (AvgIpc) is 2.11. The highest BCUT2D eigenvalue weighted by Gasteiger charge is 1.96. The highest BCUT2D eigenvalue weighted by atomic mass is 19.1. The van der Waals surface area contributed by atoms with Gasteiger partial charge in [-0.05, 0) is 26.1 Å². The van der Waals surface area contributed by atoms with Crippen LogP contribution in [0.2, 0.25) is 0 Å². The number of nitrogens with one attached hydrogen (secondary N) is 1. The van der Waals surface area contributed by atoms with Gasteiger partial charge in [0.2, 0.25) is 0 Å². The Morgan fingerprint density at radius 1 is 1.17 bits per heavy atom. The number of likely N-dealkylation sites (N-methyl/N-ethyl adjacent to an activating group) is 1. The maximum atomic E-state index is 11.7. The van der Waals surface area contributed by atoms with Crippen molar-refractivity contribution < 1.29 is 4.39 Å². The van der Waals surface area contributed by atoms with Gasteiger partial charge in [0, 0.05) is 13.1 Å². The molecule has 0 aliphatic rings. The highest BCUT2D eigenvalue weighted by molar-refractivity contribution is 4.55. The molecule has 0 aliphatic carbocycles. The molecule has 74 valence electrons. The van der Waals surface area contributed by atoms with E-state index in [9.17, 15) is 4.39 Å². The molecule has 2 nitrogen and oxygen atoms in total. The number of alkyl halides is 1. The van der Waals surface area contributed by atoms with Gasteiger partial charge in [-0.3, -0.25) is 4.39 Å². The molecule has 0 rings (SSSR count). The summed E-state index contributed by atoms with van der Waals surface area (Å²) in [6.45, 7) is 9.15. The molecule has 0 atom stereocenters. The molecule has 0 bridgehead atoms. The van der Waals surface area contributed by atoms with Gasteiger partial charge < -0.3 is 10.2 Å². The topological polar surface area (TPSA) is 15.3 Å². The first-order valence-electron chi connectivity index (χ1n) is 4.84. The van der Waals surface area contributed by atoms with Crippen LogP contribution in [0.25, 0.3) is 0 Å². The maximum absolute atomic E-state index is 11.7. The van der Waals surface area contributed by atoms with Crippen LogP contribution >= 0.6 is 0 Å². The van der Waals surface area contributed by atoms with Gasteiger partial charge in [0.25, 0.3) is 0 Å². The van der Waals surface area contributed by atoms with E-state index >= 15 is 0 Å². The van der Waals surface area contributed by atoms with Crippen LogP contribution in [0.3, 0.4) is 0 Å². The molecule has 0 heterocycles. The van der Waals surface area contributed by atoms with E-state index < -0.39 is 0 Å². The van der Waals surface area contributed by atoms with E-state index in [-0.39, 0.29) is 6.67 Å². The van der Waals surface area contributed by atoms with Gasteiger partial charge in [0.05, 0.1) is 6.67 Å². The molecular formula is C9H21FN2. The Morgan fingerprint density at radius 3 is 2.33 bits per heavy atom. The lowest BCUT2D eigenvalue weighted by molar-refractivity contribution is 0.301. The number of halogens is 1. The Balaban J connectivity index is 3.06. The Morgan fingerprint density at radius 2 is 1.83 bits per heavy atom. The minimum Gasteiger partial charge on any atom is -0.315 e. The maximum Gasteiger partial charge on any atom is 0.0906 e. The summed E-state index contributed by atoms with van der Waals surface area (Å²) in [6, 6.07) is 0. The highest BCUT2D eigenvalue weighted by Crippen LogP contribution is 1.84. The minimum absolute atomic E-state index is 0.210. The molecular weight excluding hydrogens is 155 g/mol. The molecule has 0 aliphatic heterocycles. The van der Waals surface area contributed by atoms with E-state index in [1.54, 1.807) is 0 Å². The van der Waals surface area contributed by atoms with Crippen LogP contribution in [0.4, 0.5) is 4.39 Å². The summed E-state index contributed by atoms with van der Waals surface area (Å²) in [5.41, 5.74) is 0. The number of rotatable bonds is 8. The third kappa shape index (κ3) is 6.55. The first kappa shape index (κ1) is 11.8. The second-order valence-corrected chi connectivity index (χ2v) is 2.82. The molecule has 0 unspecified atom stereocenters. The summed E-state index contributed by atoms with van der Waals surface area (Å²) in [5.74, 6) is 0. The van der Waals surface area contributed by atoms with Gasteiger partial charge >= 0.3 is 0 Å². The van der Waals surface area contributed by atoms with Crippen LogP contribution < -0.4 is 5.32 Å². The van der Waals surface area contributed by atoms with Crippen molar-refractivity contribution in [1.82, 2.24) is 10.2 Å². The van der Waals surface area contributed by atoms with Crippen molar-refractivity contribution in [3.8, 4) is 0 Å². The minimum atomic E-state index is -0.210. The summed E-state index contributed by atoms with van der Waals surface area (Å²) in [6.07, 6.45) is 0.637. The second-order valence-electron chi connectivity index (χ2n) is 2.82. The van der Waals surface area contributed by atoms with E-state index in [0.717, 1.165) is 32.7 Å². The van der Waals surface area contributed by atoms with E-state index in [1.165, 1.54) is 0 Å². The second kappa shape index (κ2) is 8.94. The van der Waals surface area contributed by atoms with Crippen molar-refractivity contribution in [2.24, 2.45) is 0 Å². The summed E-state index contributed by atoms with van der Waals surface area (Å²) >= 11 is 0. The number of hydrogen-bond acceptors (Lipinski definition) is 2. The molecule has 0 radical (unpaired) electrons. The van der Waals surface area contributed by atoms with Crippen LogP contribution in [0.5, 0.6) is 0 Å². The van der Waals surface area contributed by atoms with Gasteiger partial charge in [0.15, 0.2) is 0 Å². The molecule has 0 aromatic carbocycles. The fourth-order valence-corrected chi connectivity index (χ4v) is 1.09. The van der Waals surface area contributed by atoms with Crippen LogP contribution in [-0.4, -0.2) is 44.3 Å². The summed E-state index contributed by atoms with van der Waals surface area (Å²) < 4.78 is 11.7. The van der Waals surface area contributed by atoms with E-state index in [0.29, 0.717) is 6.42 Å². The van der Waals surface area contributed by atoms with Crippen LogP contribution in [-0.2, 0) is 0 Å². The molecule has 0 spiro atoms. The molecule has 0 aromatic rings. The lowest BCUT2D eigenvalue weighted by atomic mass is 10.4. The molecule has 0 saturated carbocycles. The lowest BCUT2D eigenvalue weighted by Crippen LogP contribution is -2.32. The normalized spacial score (nSPS) is 11.0. The molecule has 3 heteroatoms. The third-order valence-electron chi connectivity index (χ3n) is 1.99. The zero-order valence-corrected chi connectivity index (χ0v) is 8.27. The Kier molecular flexibility index (Phi) is 8.83. The van der Waals surface area contributed by atoms with Crippen LogP contribution in [0.1, 0.15) is 20.3 Å². The monoisotopic (exact) mass is 176 g/mol. The fraction of sp³-hybridized carbons (Fsp3) is 1.00. The quantitative estimate of drug-likeness (QED) is 0.560. The van der Waals surface area contributed by atoms with E-state index in [4.69, 9.17) is 0 Å². The molecule has 0 amide bonds. The van der Waals surface area contributed by atoms with Crippen molar-refractivity contribution in [2.45, 2.75) is 20.3 Å². The Bertz CT molecular complexity index is 84.6. The van der Waals surface area contributed by atoms with Crippen molar-refractivity contribution in [2.75, 3.05) is 39.4 Å². The van der Waals surface area contributed by atoms with Crippen LogP contribution in [0, 0.1) is 0 Å². The predicted molar refractivity (Wildman–Crippen MR) is 51.2 cm³/mol. The Hall–Kier alpha value is -0.150. The SMILES string of the molecule is CCN(CC)CCNCCCF. The molecule has 1 N–H and O–H groups in total. The number of hydrogen-bond donors (Lipinski definition) is 1. The summed E-state index contributed by atoms with van der Waals surface area (Å²) in [7, 11) is 0. The average molecular weight is 176 g/mol. The van der Waals surface area contributed by atoms with E-state index in [1.807, 2.05) is 0 Å². The lowest BCUT2D eigenvalue weighted by Gasteiger charge is -2.17. The van der Waals surface area contributed by atoms with Crippen molar-refractivity contribution >= 4 is 0 Å². The largest absolute Gasteiger partial charge is 0.315 e. The van der Waals surface area contributed by atoms with Crippen molar-refractivity contribution in [3.63, 3.8) is 0 Å². The fourth-order valence-electron chi connectivity index (χ4n) is 1.09. The third-order valence-corrected chi connectivity index (χ3v) is 1.99. The summed E-state index contributed by atoms with van der Waals surface area (Å²) in [4.78, 5) is 2.35. The summed E-state index contributed by atoms with van der Waals surface area (Å²) in [5, 5.41) is 3.20. The van der Waals surface area contributed by atoms with Gasteiger partial charge in [-0.2, -0.15) is 0 Å². The Labute approximate surface area is 75.1 Å². The van der Waals surface area contributed by atoms with Gasteiger partial charge in [-0.25, -0.2) is 0 Å². The smallest absolute Gasteiger partial charge is 0.0906 e. The standard InChI is InChI=1S/C9H21FN2/c1-3-12(4-2)9-8-11-7-5-6-10/h11H,3-9H2,1-2H3. The zero-order valence-electron chi connectivity index (χ0n) is 8.27. The van der Waals surface area contributed by atoms with Crippen LogP contribution in [0.15, 0.2) is 0 Å². The first-order chi connectivity index (χ1) is 5.85. The van der Waals surface area contributed by atoms with Crippen molar-refractivity contribution in [3.05, 3.63) is 0 Å². The van der Waals surface area contributed by atoms with E-state index in [2.05, 4.69) is 24.1 Å². The molecule has 0 fully saturated rings. The molecule has 0 saturated heterocycles. The number of nitrogens with zero attached hydrogens (tertiary/aromatic N) is 1. The van der Waals surface area contributed by atoms with Gasteiger partial charge in [0.1, 0.15) is 0 Å². The molecule has 0 aromatic heterocycles. The molecule has 12 heavy (non-hydrogen) atoms. The predicted octanol–water partition coefficient (Wildman–Crippen LogP) is 1.28. The van der Waals surface area contributed by atoms with Gasteiger partial charge in [-0.1, -0.05) is 13.8 Å². The van der Waals surface area contributed by atoms with Crippen molar-refractivity contribution in [1.29, 1.82) is 0 Å². The first-order valence-corrected chi connectivity index (χ1v) is 4.84.